The van der Waals surface area contributed by atoms with E-state index >= 15 is 0 Å². The van der Waals surface area contributed by atoms with Crippen LogP contribution in [0.15, 0.2) is 54.9 Å². The summed E-state index contributed by atoms with van der Waals surface area (Å²) < 4.78 is 1.85. The van der Waals surface area contributed by atoms with Gasteiger partial charge in [0.15, 0.2) is 0 Å². The van der Waals surface area contributed by atoms with Gasteiger partial charge in [0.05, 0.1) is 11.9 Å². The third-order valence-electron chi connectivity index (χ3n) is 4.01. The van der Waals surface area contributed by atoms with Crippen LogP contribution in [0.4, 0.5) is 0 Å². The van der Waals surface area contributed by atoms with Crippen LogP contribution < -0.4 is 0 Å². The lowest BCUT2D eigenvalue weighted by Crippen LogP contribution is -2.31. The Morgan fingerprint density at radius 1 is 1.29 bits per heavy atom. The highest BCUT2D eigenvalue weighted by Gasteiger charge is 2.31. The number of likely N-dealkylation sites (N-methyl/N-ethyl adjacent to an activating group) is 1. The maximum absolute atomic E-state index is 12.5. The van der Waals surface area contributed by atoms with Crippen molar-refractivity contribution in [2.75, 3.05) is 20.6 Å². The summed E-state index contributed by atoms with van der Waals surface area (Å²) in [7, 11) is 3.98. The number of benzene rings is 1. The van der Waals surface area contributed by atoms with Crippen LogP contribution >= 0.6 is 0 Å². The van der Waals surface area contributed by atoms with Gasteiger partial charge in [0.25, 0.3) is 0 Å². The van der Waals surface area contributed by atoms with E-state index < -0.39 is 0 Å². The Morgan fingerprint density at radius 3 is 2.71 bits per heavy atom. The molecule has 2 aromatic rings. The lowest BCUT2D eigenvalue weighted by molar-refractivity contribution is -0.127. The molecule has 0 spiro atoms. The van der Waals surface area contributed by atoms with Gasteiger partial charge in [-0.25, -0.2) is 4.68 Å². The molecule has 0 N–H and O–H groups in total. The molecule has 24 heavy (non-hydrogen) atoms. The fourth-order valence-electron chi connectivity index (χ4n) is 2.59. The molecule has 1 aliphatic carbocycles. The molecule has 1 aromatic heterocycles. The minimum atomic E-state index is 0.0896. The van der Waals surface area contributed by atoms with Gasteiger partial charge in [0, 0.05) is 37.0 Å². The maximum atomic E-state index is 12.5. The molecule has 0 aliphatic heterocycles. The Labute approximate surface area is 143 Å². The topological polar surface area (TPSA) is 41.4 Å². The summed E-state index contributed by atoms with van der Waals surface area (Å²) in [4.78, 5) is 16.5. The van der Waals surface area contributed by atoms with Crippen LogP contribution in [0.25, 0.3) is 5.69 Å². The molecule has 0 saturated heterocycles. The maximum Gasteiger partial charge on any atom is 0.246 e. The van der Waals surface area contributed by atoms with E-state index in [1.165, 1.54) is 0 Å². The van der Waals surface area contributed by atoms with Crippen LogP contribution in [-0.4, -0.2) is 52.2 Å². The Balaban J connectivity index is 1.67. The fourth-order valence-corrected chi connectivity index (χ4v) is 2.59. The van der Waals surface area contributed by atoms with Crippen molar-refractivity contribution in [3.05, 3.63) is 60.4 Å². The zero-order valence-electron chi connectivity index (χ0n) is 14.3. The molecule has 0 atom stereocenters. The molecule has 1 saturated carbocycles. The highest BCUT2D eigenvalue weighted by molar-refractivity contribution is 5.88. The summed E-state index contributed by atoms with van der Waals surface area (Å²) in [6.45, 7) is 1.39. The highest BCUT2D eigenvalue weighted by atomic mass is 16.2. The summed E-state index contributed by atoms with van der Waals surface area (Å²) >= 11 is 0. The van der Waals surface area contributed by atoms with Crippen LogP contribution in [0.2, 0.25) is 0 Å². The third-order valence-corrected chi connectivity index (χ3v) is 4.01. The highest BCUT2D eigenvalue weighted by Crippen LogP contribution is 2.28. The van der Waals surface area contributed by atoms with Crippen molar-refractivity contribution in [2.45, 2.75) is 25.4 Å². The zero-order valence-corrected chi connectivity index (χ0v) is 14.3. The van der Waals surface area contributed by atoms with Gasteiger partial charge in [-0.15, -0.1) is 0 Å². The molecule has 0 radical (unpaired) electrons. The Morgan fingerprint density at radius 2 is 2.04 bits per heavy atom. The van der Waals surface area contributed by atoms with Gasteiger partial charge < -0.3 is 9.80 Å². The summed E-state index contributed by atoms with van der Waals surface area (Å²) in [5.41, 5.74) is 2.08. The first kappa shape index (κ1) is 16.5. The molecule has 5 nitrogen and oxygen atoms in total. The number of amides is 1. The number of hydrogen-bond acceptors (Lipinski definition) is 3. The second kappa shape index (κ2) is 7.45. The van der Waals surface area contributed by atoms with Crippen molar-refractivity contribution in [3.63, 3.8) is 0 Å². The Kier molecular flexibility index (Phi) is 5.11. The normalized spacial score (nSPS) is 14.5. The molecule has 0 unspecified atom stereocenters. The Hall–Kier alpha value is -2.40. The van der Waals surface area contributed by atoms with Crippen LogP contribution in [0.1, 0.15) is 18.4 Å². The molecule has 126 valence electrons. The lowest BCUT2D eigenvalue weighted by atomic mass is 10.3. The van der Waals surface area contributed by atoms with Crippen molar-refractivity contribution < 1.29 is 4.79 Å². The average molecular weight is 324 g/mol. The van der Waals surface area contributed by atoms with Crippen LogP contribution in [0, 0.1) is 0 Å². The number of para-hydroxylation sites is 1. The molecular formula is C19H24N4O. The van der Waals surface area contributed by atoms with Crippen molar-refractivity contribution in [3.8, 4) is 5.69 Å². The van der Waals surface area contributed by atoms with E-state index in [0.29, 0.717) is 12.6 Å². The number of carbonyl (C=O) groups is 1. The number of carbonyl (C=O) groups excluding carboxylic acids is 1. The second-order valence-electron chi connectivity index (χ2n) is 6.49. The van der Waals surface area contributed by atoms with E-state index in [-0.39, 0.29) is 5.91 Å². The number of rotatable bonds is 7. The second-order valence-corrected chi connectivity index (χ2v) is 6.49. The van der Waals surface area contributed by atoms with E-state index in [4.69, 9.17) is 0 Å². The first-order chi connectivity index (χ1) is 11.6. The van der Waals surface area contributed by atoms with Gasteiger partial charge in [0.2, 0.25) is 5.91 Å². The lowest BCUT2D eigenvalue weighted by Gasteiger charge is -2.20. The fraction of sp³-hybridized carbons (Fsp3) is 0.368. The molecule has 1 aliphatic rings. The van der Waals surface area contributed by atoms with Crippen molar-refractivity contribution in [1.29, 1.82) is 0 Å². The molecule has 3 rings (SSSR count). The minimum absolute atomic E-state index is 0.0896. The summed E-state index contributed by atoms with van der Waals surface area (Å²) in [5.74, 6) is 0.0896. The SMILES string of the molecule is CN(C)C/C=C/C(=O)N(Cc1cnn(-c2ccccc2)c1)C1CC1. The Bertz CT molecular complexity index is 701. The standard InChI is InChI=1S/C19H24N4O/c1-21(2)12-6-9-19(24)22(17-10-11-17)14-16-13-20-23(15-16)18-7-4-3-5-8-18/h3-9,13,15,17H,10-12,14H2,1-2H3/b9-6+. The van der Waals surface area contributed by atoms with Gasteiger partial charge in [-0.05, 0) is 39.1 Å². The predicted octanol–water partition coefficient (Wildman–Crippen LogP) is 2.48. The van der Waals surface area contributed by atoms with Crippen LogP contribution in [-0.2, 0) is 11.3 Å². The van der Waals surface area contributed by atoms with E-state index in [2.05, 4.69) is 5.10 Å². The molecule has 1 fully saturated rings. The van der Waals surface area contributed by atoms with Crippen LogP contribution in [0.5, 0.6) is 0 Å². The molecule has 0 bridgehead atoms. The molecule has 1 aromatic carbocycles. The van der Waals surface area contributed by atoms with Gasteiger partial charge in [-0.3, -0.25) is 4.79 Å². The summed E-state index contributed by atoms with van der Waals surface area (Å²) in [5, 5.41) is 4.42. The molecule has 1 amide bonds. The first-order valence-electron chi connectivity index (χ1n) is 8.34. The van der Waals surface area contributed by atoms with E-state index in [1.54, 1.807) is 6.08 Å². The number of nitrogens with zero attached hydrogens (tertiary/aromatic N) is 4. The van der Waals surface area contributed by atoms with Crippen LogP contribution in [0.3, 0.4) is 0 Å². The van der Waals surface area contributed by atoms with Gasteiger partial charge in [0.1, 0.15) is 0 Å². The first-order valence-corrected chi connectivity index (χ1v) is 8.34. The van der Waals surface area contributed by atoms with Gasteiger partial charge >= 0.3 is 0 Å². The number of hydrogen-bond donors (Lipinski definition) is 0. The van der Waals surface area contributed by atoms with Crippen molar-refractivity contribution in [1.82, 2.24) is 19.6 Å². The van der Waals surface area contributed by atoms with Gasteiger partial charge in [-0.1, -0.05) is 24.3 Å². The molecular weight excluding hydrogens is 300 g/mol. The van der Waals surface area contributed by atoms with Crippen molar-refractivity contribution in [2.24, 2.45) is 0 Å². The minimum Gasteiger partial charge on any atom is -0.332 e. The number of aromatic nitrogens is 2. The predicted molar refractivity (Wildman–Crippen MR) is 94.8 cm³/mol. The zero-order chi connectivity index (χ0) is 16.9. The van der Waals surface area contributed by atoms with Gasteiger partial charge in [-0.2, -0.15) is 5.10 Å². The third kappa shape index (κ3) is 4.32. The monoisotopic (exact) mass is 324 g/mol. The largest absolute Gasteiger partial charge is 0.332 e. The average Bonchev–Trinajstić information content (AvgIpc) is 3.31. The van der Waals surface area contributed by atoms with E-state index in [0.717, 1.165) is 30.6 Å². The molecule has 5 heteroatoms. The smallest absolute Gasteiger partial charge is 0.246 e. The quantitative estimate of drug-likeness (QED) is 0.735. The molecule has 1 heterocycles. The van der Waals surface area contributed by atoms with E-state index in [9.17, 15) is 4.79 Å². The van der Waals surface area contributed by atoms with Crippen molar-refractivity contribution >= 4 is 5.91 Å². The summed E-state index contributed by atoms with van der Waals surface area (Å²) in [6, 6.07) is 10.4. The summed E-state index contributed by atoms with van der Waals surface area (Å²) in [6.07, 6.45) is 9.66. The van der Waals surface area contributed by atoms with E-state index in [1.807, 2.05) is 77.4 Å².